The molecule has 79 heavy (non-hydrogen) atoms. The molecule has 0 unspecified atom stereocenters. The number of fused-ring (bicyclic) bond motifs is 1. The fraction of sp³-hybridized carbons (Fsp3) is 0.547. The number of hydrogen-bond acceptors (Lipinski definition) is 15. The minimum atomic E-state index is -1.67. The Morgan fingerprint density at radius 3 is 1.80 bits per heavy atom. The van der Waals surface area contributed by atoms with Gasteiger partial charge in [0.05, 0.1) is 19.3 Å². The minimum Gasteiger partial charge on any atom is -0.508 e. The first-order valence-electron chi connectivity index (χ1n) is 26.4. The van der Waals surface area contributed by atoms with Crippen LogP contribution in [0.15, 0.2) is 54.7 Å². The molecule has 4 rings (SSSR count). The van der Waals surface area contributed by atoms with Crippen LogP contribution in [0.1, 0.15) is 90.2 Å². The van der Waals surface area contributed by atoms with Gasteiger partial charge < -0.3 is 84.7 Å². The molecule has 0 aliphatic carbocycles. The van der Waals surface area contributed by atoms with Crippen LogP contribution in [-0.4, -0.2) is 170 Å². The summed E-state index contributed by atoms with van der Waals surface area (Å²) in [7, 11) is 0. The number of likely N-dealkylation sites (tertiary alicyclic amines) is 1. The topological polar surface area (TPSA) is 433 Å². The number of aliphatic hydroxyl groups excluding tert-OH is 2. The zero-order valence-electron chi connectivity index (χ0n) is 45.0. The van der Waals surface area contributed by atoms with Crippen LogP contribution in [-0.2, 0) is 60.8 Å². The molecule has 1 aliphatic rings. The van der Waals surface area contributed by atoms with Gasteiger partial charge in [0.1, 0.15) is 54.1 Å². The molecule has 0 radical (unpaired) electrons. The van der Waals surface area contributed by atoms with Crippen molar-refractivity contribution in [3.05, 3.63) is 65.9 Å². The van der Waals surface area contributed by atoms with Crippen molar-refractivity contribution in [3.8, 4) is 5.75 Å². The summed E-state index contributed by atoms with van der Waals surface area (Å²) < 4.78 is 0. The smallest absolute Gasteiger partial charge is 0.326 e. The molecule has 1 aliphatic heterocycles. The summed E-state index contributed by atoms with van der Waals surface area (Å²) in [4.78, 5) is 139. The lowest BCUT2D eigenvalue weighted by molar-refractivity contribution is -0.144. The van der Waals surface area contributed by atoms with Crippen molar-refractivity contribution < 1.29 is 68.4 Å². The summed E-state index contributed by atoms with van der Waals surface area (Å²) in [6.45, 7) is 5.15. The number of aromatic nitrogens is 1. The van der Waals surface area contributed by atoms with E-state index in [-0.39, 0.29) is 69.7 Å². The van der Waals surface area contributed by atoms with Gasteiger partial charge in [-0.2, -0.15) is 0 Å². The maximum atomic E-state index is 14.7. The number of carboxylic acid groups (broad SMARTS) is 1. The number of para-hydroxylation sites is 1. The quantitative estimate of drug-likeness (QED) is 0.0288. The number of carbonyl (C=O) groups excluding carboxylic acids is 9. The highest BCUT2D eigenvalue weighted by molar-refractivity contribution is 5.99. The van der Waals surface area contributed by atoms with Gasteiger partial charge in [0.2, 0.25) is 53.2 Å². The molecule has 0 saturated carbocycles. The number of phenolic OH excluding ortho intramolecular Hbond substituents is 1. The van der Waals surface area contributed by atoms with E-state index in [9.17, 15) is 68.4 Å². The van der Waals surface area contributed by atoms with Gasteiger partial charge in [-0.25, -0.2) is 4.79 Å². The molecule has 1 fully saturated rings. The number of amides is 9. The monoisotopic (exact) mass is 1110 g/mol. The van der Waals surface area contributed by atoms with Crippen LogP contribution in [0.5, 0.6) is 5.75 Å². The Hall–Kier alpha value is -7.68. The summed E-state index contributed by atoms with van der Waals surface area (Å²) in [5.74, 6) is -9.86. The van der Waals surface area contributed by atoms with Crippen molar-refractivity contribution in [2.45, 2.75) is 146 Å². The Kier molecular flexibility index (Phi) is 25.1. The summed E-state index contributed by atoms with van der Waals surface area (Å²) in [6, 6.07) is 0.240. The van der Waals surface area contributed by atoms with Crippen molar-refractivity contribution in [2.75, 3.05) is 26.3 Å². The first kappa shape index (κ1) is 63.8. The van der Waals surface area contributed by atoms with Gasteiger partial charge >= 0.3 is 5.97 Å². The van der Waals surface area contributed by atoms with E-state index in [1.807, 2.05) is 0 Å². The maximum Gasteiger partial charge on any atom is 0.326 e. The molecule has 9 atom stereocenters. The molecule has 26 heteroatoms. The van der Waals surface area contributed by atoms with Gasteiger partial charge in [0.25, 0.3) is 0 Å². The number of aliphatic carboxylic acids is 1. The van der Waals surface area contributed by atoms with E-state index >= 15 is 0 Å². The number of nitrogens with zero attached hydrogens (tertiary/aromatic N) is 1. The predicted octanol–water partition coefficient (Wildman–Crippen LogP) is -2.46. The number of nitrogens with two attached hydrogens (primary N) is 3. The molecule has 1 saturated heterocycles. The predicted molar refractivity (Wildman–Crippen MR) is 287 cm³/mol. The Balaban J connectivity index is 1.60. The number of phenols is 1. The van der Waals surface area contributed by atoms with Gasteiger partial charge in [0.15, 0.2) is 0 Å². The molecule has 2 heterocycles. The van der Waals surface area contributed by atoms with Crippen molar-refractivity contribution in [1.29, 1.82) is 0 Å². The Labute approximate surface area is 457 Å². The molecule has 9 amide bonds. The first-order chi connectivity index (χ1) is 37.5. The number of H-pyrrole nitrogens is 1. The SMILES string of the molecule is CC(C)C[C@H](NC(=O)[C@H](CO)NC(=O)[C@H](CCCCN)NC(=O)[C@@H]1CCCN1C(=O)[C@@H](N)CCC(N)=O)C(=O)N[C@@H](Cc1c[nH]c2ccccc12)C(=O)N[C@@H](Cc1ccc(O)cc1)C(=O)N[C@@H](CO)C(=O)N[C@H](C(=O)O)C(C)C. The second-order valence-electron chi connectivity index (χ2n) is 20.5. The molecule has 434 valence electrons. The van der Waals surface area contributed by atoms with Crippen molar-refractivity contribution in [2.24, 2.45) is 29.0 Å². The lowest BCUT2D eigenvalue weighted by Gasteiger charge is -2.29. The summed E-state index contributed by atoms with van der Waals surface area (Å²) in [5.41, 5.74) is 18.7. The van der Waals surface area contributed by atoms with E-state index in [2.05, 4.69) is 42.2 Å². The number of benzene rings is 2. The van der Waals surface area contributed by atoms with Crippen LogP contribution in [0.25, 0.3) is 10.9 Å². The highest BCUT2D eigenvalue weighted by Crippen LogP contribution is 2.22. The van der Waals surface area contributed by atoms with Crippen molar-refractivity contribution >= 4 is 70.0 Å². The first-order valence-corrected chi connectivity index (χ1v) is 26.4. The van der Waals surface area contributed by atoms with Crippen LogP contribution < -0.4 is 54.4 Å². The van der Waals surface area contributed by atoms with E-state index < -0.39 is 133 Å². The zero-order chi connectivity index (χ0) is 58.5. The third-order valence-corrected chi connectivity index (χ3v) is 13.4. The molecule has 3 aromatic rings. The number of unbranched alkanes of at least 4 members (excludes halogenated alkanes) is 1. The normalized spacial score (nSPS) is 16.3. The highest BCUT2D eigenvalue weighted by Gasteiger charge is 2.39. The number of rotatable bonds is 32. The van der Waals surface area contributed by atoms with Gasteiger partial charge in [-0.05, 0) is 92.7 Å². The second kappa shape index (κ2) is 31.0. The van der Waals surface area contributed by atoms with Crippen LogP contribution in [0.4, 0.5) is 0 Å². The van der Waals surface area contributed by atoms with Gasteiger partial charge in [-0.3, -0.25) is 43.2 Å². The molecule has 1 aromatic heterocycles. The summed E-state index contributed by atoms with van der Waals surface area (Å²) in [5, 5.41) is 58.8. The van der Waals surface area contributed by atoms with E-state index in [1.54, 1.807) is 58.2 Å². The van der Waals surface area contributed by atoms with E-state index in [0.29, 0.717) is 41.3 Å². The molecule has 2 aromatic carbocycles. The lowest BCUT2D eigenvalue weighted by atomic mass is 9.99. The number of aromatic amines is 1. The molecular formula is C53H78N12O14. The van der Waals surface area contributed by atoms with Crippen LogP contribution in [0, 0.1) is 11.8 Å². The lowest BCUT2D eigenvalue weighted by Crippen LogP contribution is -2.61. The summed E-state index contributed by atoms with van der Waals surface area (Å²) in [6.07, 6.45) is 2.56. The zero-order valence-corrected chi connectivity index (χ0v) is 45.0. The van der Waals surface area contributed by atoms with Crippen LogP contribution in [0.2, 0.25) is 0 Å². The van der Waals surface area contributed by atoms with E-state index in [0.717, 1.165) is 0 Å². The number of hydrogen-bond donors (Lipinski definition) is 15. The summed E-state index contributed by atoms with van der Waals surface area (Å²) >= 11 is 0. The van der Waals surface area contributed by atoms with Gasteiger partial charge in [-0.1, -0.05) is 58.0 Å². The van der Waals surface area contributed by atoms with E-state index in [1.165, 1.54) is 29.2 Å². The molecule has 0 spiro atoms. The Bertz CT molecular complexity index is 2590. The largest absolute Gasteiger partial charge is 0.508 e. The van der Waals surface area contributed by atoms with Crippen molar-refractivity contribution in [1.82, 2.24) is 47.1 Å². The number of carbonyl (C=O) groups is 10. The van der Waals surface area contributed by atoms with Crippen LogP contribution in [0.3, 0.4) is 0 Å². The standard InChI is InChI=1S/C53H78N12O14/c1-28(2)22-37(59-49(74)40(26-66)62-45(70)36(12-7-8-20-54)58-51(76)42-13-9-21-65(42)52(77)34(55)18-19-43(56)69)46(71)61-39(24-31-25-57-35-11-6-5-10-33(31)35)48(73)60-38(23-30-14-16-32(68)17-15-30)47(72)63-41(27-67)50(75)64-44(29(3)4)53(78)79/h5-6,10-11,14-17,25,28-29,34,36-42,44,57,66-68H,7-9,12-13,18-24,26-27,54-55H2,1-4H3,(H2,56,69)(H,58,76)(H,59,74)(H,60,73)(H,61,71)(H,62,70)(H,63,72)(H,64,75)(H,78,79)/t34-,36-,37-,38-,39-,40-,41-,42-,44-/m0/s1. The fourth-order valence-corrected chi connectivity index (χ4v) is 8.99. The Morgan fingerprint density at radius 2 is 1.23 bits per heavy atom. The number of primary amides is 1. The fourth-order valence-electron chi connectivity index (χ4n) is 8.99. The van der Waals surface area contributed by atoms with E-state index in [4.69, 9.17) is 17.2 Å². The molecule has 18 N–H and O–H groups in total. The number of carboxylic acids is 1. The number of aliphatic hydroxyl groups is 2. The third-order valence-electron chi connectivity index (χ3n) is 13.4. The van der Waals surface area contributed by atoms with Crippen LogP contribution >= 0.6 is 0 Å². The average Bonchev–Trinajstić information content (AvgIpc) is 4.07. The average molecular weight is 1110 g/mol. The molecular weight excluding hydrogens is 1030 g/mol. The molecule has 0 bridgehead atoms. The Morgan fingerprint density at radius 1 is 0.684 bits per heavy atom. The van der Waals surface area contributed by atoms with Gasteiger partial charge in [0, 0.05) is 42.9 Å². The minimum absolute atomic E-state index is 0.0261. The molecule has 26 nitrogen and oxygen atoms in total. The highest BCUT2D eigenvalue weighted by atomic mass is 16.4. The third kappa shape index (κ3) is 19.3. The number of nitrogens with one attached hydrogen (secondary N) is 8. The second-order valence-corrected chi connectivity index (χ2v) is 20.5. The van der Waals surface area contributed by atoms with Crippen molar-refractivity contribution in [3.63, 3.8) is 0 Å². The number of aromatic hydroxyl groups is 1. The maximum absolute atomic E-state index is 14.7. The van der Waals surface area contributed by atoms with Gasteiger partial charge in [-0.15, -0.1) is 0 Å².